The number of pyridine rings is 1. The van der Waals surface area contributed by atoms with Gasteiger partial charge in [-0.1, -0.05) is 6.07 Å². The minimum atomic E-state index is -4.39. The van der Waals surface area contributed by atoms with Gasteiger partial charge in [-0.15, -0.1) is 0 Å². The van der Waals surface area contributed by atoms with E-state index in [9.17, 15) is 26.3 Å². The topological polar surface area (TPSA) is 37.6 Å². The molecule has 1 heterocycles. The van der Waals surface area contributed by atoms with Crippen molar-refractivity contribution in [2.24, 2.45) is 9.98 Å². The quantitative estimate of drug-likeness (QED) is 0.295. The minimum absolute atomic E-state index is 0.380. The van der Waals surface area contributed by atoms with Crippen LogP contribution in [0.5, 0.6) is 0 Å². The highest BCUT2D eigenvalue weighted by Crippen LogP contribution is 2.31. The molecule has 166 valence electrons. The summed E-state index contributed by atoms with van der Waals surface area (Å²) in [6.45, 7) is 0. The van der Waals surface area contributed by atoms with Crippen LogP contribution < -0.4 is 0 Å². The fraction of sp³-hybridized carbons (Fsp3) is 0.174. The van der Waals surface area contributed by atoms with Crippen LogP contribution in [0.25, 0.3) is 0 Å². The van der Waals surface area contributed by atoms with Crippen molar-refractivity contribution in [2.45, 2.75) is 25.2 Å². The van der Waals surface area contributed by atoms with E-state index in [4.69, 9.17) is 0 Å². The van der Waals surface area contributed by atoms with Gasteiger partial charge in [0.15, 0.2) is 0 Å². The van der Waals surface area contributed by atoms with E-state index in [0.29, 0.717) is 35.6 Å². The van der Waals surface area contributed by atoms with Gasteiger partial charge in [-0.05, 0) is 60.7 Å². The first-order valence-electron chi connectivity index (χ1n) is 9.46. The highest BCUT2D eigenvalue weighted by atomic mass is 19.4. The molecular weight excluding hydrogens is 432 g/mol. The number of benzene rings is 2. The lowest BCUT2D eigenvalue weighted by atomic mass is 10.2. The molecule has 32 heavy (non-hydrogen) atoms. The summed E-state index contributed by atoms with van der Waals surface area (Å²) in [5.41, 5.74) is 0.755. The van der Waals surface area contributed by atoms with E-state index in [1.807, 2.05) is 0 Å². The fourth-order valence-electron chi connectivity index (χ4n) is 2.72. The molecule has 3 aromatic rings. The molecule has 0 unspecified atom stereocenters. The number of halogens is 6. The summed E-state index contributed by atoms with van der Waals surface area (Å²) >= 11 is 0. The molecule has 0 aliphatic carbocycles. The van der Waals surface area contributed by atoms with Gasteiger partial charge in [0, 0.05) is 36.7 Å². The third kappa shape index (κ3) is 6.76. The average Bonchev–Trinajstić information content (AvgIpc) is 2.74. The molecule has 0 spiro atoms. The molecule has 0 amide bonds. The van der Waals surface area contributed by atoms with Crippen LogP contribution in [0.3, 0.4) is 0 Å². The molecule has 3 rings (SSSR count). The number of aliphatic imine (C=N–C) groups is 2. The Balaban J connectivity index is 1.56. The maximum atomic E-state index is 12.6. The van der Waals surface area contributed by atoms with Crippen LogP contribution in [0.15, 0.2) is 76.7 Å². The van der Waals surface area contributed by atoms with Crippen LogP contribution in [-0.4, -0.2) is 17.4 Å². The van der Waals surface area contributed by atoms with E-state index in [2.05, 4.69) is 15.0 Å². The van der Waals surface area contributed by atoms with Gasteiger partial charge in [-0.3, -0.25) is 15.0 Å². The van der Waals surface area contributed by atoms with Gasteiger partial charge in [-0.25, -0.2) is 0 Å². The number of alkyl halides is 6. The lowest BCUT2D eigenvalue weighted by molar-refractivity contribution is -0.138. The lowest BCUT2D eigenvalue weighted by Crippen LogP contribution is -2.03. The minimum Gasteiger partial charge on any atom is -0.261 e. The van der Waals surface area contributed by atoms with E-state index in [1.165, 1.54) is 24.3 Å². The summed E-state index contributed by atoms with van der Waals surface area (Å²) in [6.07, 6.45) is -4.89. The molecule has 1 aromatic heterocycles. The third-order valence-electron chi connectivity index (χ3n) is 4.34. The largest absolute Gasteiger partial charge is 0.416 e. The molecule has 0 aliphatic rings. The Morgan fingerprint density at radius 3 is 1.31 bits per heavy atom. The summed E-state index contributed by atoms with van der Waals surface area (Å²) < 4.78 is 75.5. The SMILES string of the molecule is FC(F)(F)c1ccc(N=CCc2cccc(CC=Nc3ccc(C(F)(F)F)cc3)n2)cc1. The number of nitrogens with zero attached hydrogens (tertiary/aromatic N) is 3. The van der Waals surface area contributed by atoms with Crippen molar-refractivity contribution in [2.75, 3.05) is 0 Å². The predicted octanol–water partition coefficient (Wildman–Crippen LogP) is 7.01. The van der Waals surface area contributed by atoms with E-state index in [0.717, 1.165) is 24.3 Å². The van der Waals surface area contributed by atoms with Crippen molar-refractivity contribution in [3.63, 3.8) is 0 Å². The van der Waals surface area contributed by atoms with Gasteiger partial charge in [0.1, 0.15) is 0 Å². The average molecular weight is 449 g/mol. The molecule has 0 radical (unpaired) electrons. The van der Waals surface area contributed by atoms with Crippen LogP contribution in [0.1, 0.15) is 22.5 Å². The van der Waals surface area contributed by atoms with Crippen molar-refractivity contribution < 1.29 is 26.3 Å². The van der Waals surface area contributed by atoms with E-state index in [1.54, 1.807) is 30.6 Å². The Hall–Kier alpha value is -3.49. The second-order valence-electron chi connectivity index (χ2n) is 6.74. The first-order valence-corrected chi connectivity index (χ1v) is 9.46. The smallest absolute Gasteiger partial charge is 0.261 e. The summed E-state index contributed by atoms with van der Waals surface area (Å²) in [5.74, 6) is 0. The number of rotatable bonds is 6. The van der Waals surface area contributed by atoms with Crippen molar-refractivity contribution in [3.05, 3.63) is 89.2 Å². The molecule has 0 saturated carbocycles. The van der Waals surface area contributed by atoms with E-state index in [-0.39, 0.29) is 0 Å². The summed E-state index contributed by atoms with van der Waals surface area (Å²) in [5, 5.41) is 0. The molecular formula is C23H17F6N3. The van der Waals surface area contributed by atoms with Crippen molar-refractivity contribution in [1.29, 1.82) is 0 Å². The van der Waals surface area contributed by atoms with E-state index < -0.39 is 23.5 Å². The monoisotopic (exact) mass is 449 g/mol. The Morgan fingerprint density at radius 1 is 0.594 bits per heavy atom. The first kappa shape index (κ1) is 23.2. The predicted molar refractivity (Wildman–Crippen MR) is 111 cm³/mol. The highest BCUT2D eigenvalue weighted by molar-refractivity contribution is 5.67. The normalized spacial score (nSPS) is 12.7. The molecule has 0 saturated heterocycles. The number of aromatic nitrogens is 1. The molecule has 0 aliphatic heterocycles. The van der Waals surface area contributed by atoms with Crippen LogP contribution in [-0.2, 0) is 25.2 Å². The molecule has 0 bridgehead atoms. The molecule has 0 atom stereocenters. The lowest BCUT2D eigenvalue weighted by Gasteiger charge is -2.05. The summed E-state index contributed by atoms with van der Waals surface area (Å²) in [6, 6.07) is 14.4. The zero-order valence-corrected chi connectivity index (χ0v) is 16.5. The van der Waals surface area contributed by atoms with Crippen LogP contribution in [0.4, 0.5) is 37.7 Å². The molecule has 3 nitrogen and oxygen atoms in total. The van der Waals surface area contributed by atoms with Crippen molar-refractivity contribution >= 4 is 23.8 Å². The van der Waals surface area contributed by atoms with Gasteiger partial charge >= 0.3 is 12.4 Å². The molecule has 9 heteroatoms. The summed E-state index contributed by atoms with van der Waals surface area (Å²) in [7, 11) is 0. The Labute approximate surface area is 180 Å². The Kier molecular flexibility index (Phi) is 7.07. The second kappa shape index (κ2) is 9.76. The summed E-state index contributed by atoms with van der Waals surface area (Å²) in [4.78, 5) is 12.7. The van der Waals surface area contributed by atoms with Gasteiger partial charge in [0.25, 0.3) is 0 Å². The zero-order valence-electron chi connectivity index (χ0n) is 16.5. The van der Waals surface area contributed by atoms with Crippen molar-refractivity contribution in [3.8, 4) is 0 Å². The van der Waals surface area contributed by atoms with Crippen molar-refractivity contribution in [1.82, 2.24) is 4.98 Å². The standard InChI is InChI=1S/C23H17F6N3/c24-22(25,26)16-4-8-18(9-5-16)30-14-12-20-2-1-3-21(32-20)13-15-31-19-10-6-17(7-11-19)23(27,28)29/h1-11,14-15H,12-13H2. The zero-order chi connectivity index (χ0) is 23.2. The highest BCUT2D eigenvalue weighted by Gasteiger charge is 2.30. The number of hydrogen-bond donors (Lipinski definition) is 0. The van der Waals surface area contributed by atoms with Gasteiger partial charge in [0.2, 0.25) is 0 Å². The first-order chi connectivity index (χ1) is 15.1. The molecule has 0 N–H and O–H groups in total. The maximum Gasteiger partial charge on any atom is 0.416 e. The van der Waals surface area contributed by atoms with Crippen LogP contribution >= 0.6 is 0 Å². The van der Waals surface area contributed by atoms with Gasteiger partial charge < -0.3 is 0 Å². The number of hydrogen-bond acceptors (Lipinski definition) is 3. The molecule has 2 aromatic carbocycles. The Bertz CT molecular complexity index is 998. The van der Waals surface area contributed by atoms with Gasteiger partial charge in [0.05, 0.1) is 22.5 Å². The Morgan fingerprint density at radius 2 is 0.969 bits per heavy atom. The van der Waals surface area contributed by atoms with Crippen LogP contribution in [0.2, 0.25) is 0 Å². The third-order valence-corrected chi connectivity index (χ3v) is 4.34. The fourth-order valence-corrected chi connectivity index (χ4v) is 2.72. The maximum absolute atomic E-state index is 12.6. The van der Waals surface area contributed by atoms with Gasteiger partial charge in [-0.2, -0.15) is 26.3 Å². The van der Waals surface area contributed by atoms with Crippen LogP contribution in [0, 0.1) is 0 Å². The molecule has 0 fully saturated rings. The van der Waals surface area contributed by atoms with E-state index >= 15 is 0 Å². The second-order valence-corrected chi connectivity index (χ2v) is 6.74.